The Kier molecular flexibility index (Phi) is 4.67. The van der Waals surface area contributed by atoms with Gasteiger partial charge in [0.25, 0.3) is 0 Å². The molecule has 0 radical (unpaired) electrons. The van der Waals surface area contributed by atoms with Crippen LogP contribution in [0.4, 0.5) is 17.6 Å². The Morgan fingerprint density at radius 2 is 1.68 bits per heavy atom. The molecule has 1 heterocycles. The molecule has 2 aromatic carbocycles. The topological polar surface area (TPSA) is 22.1 Å². The molecule has 0 amide bonds. The molecule has 1 aliphatic rings. The first-order valence-corrected chi connectivity index (χ1v) is 9.26. The number of fused-ring (bicyclic) bond motifs is 1. The van der Waals surface area contributed by atoms with Crippen LogP contribution in [0.3, 0.4) is 0 Å². The summed E-state index contributed by atoms with van der Waals surface area (Å²) in [6.45, 7) is 0. The number of benzene rings is 2. The normalized spacial score (nSPS) is 16.1. The van der Waals surface area contributed by atoms with Gasteiger partial charge in [0.2, 0.25) is 0 Å². The van der Waals surface area contributed by atoms with Gasteiger partial charge in [0, 0.05) is 16.8 Å². The minimum atomic E-state index is -4.47. The quantitative estimate of drug-likeness (QED) is 0.403. The molecule has 0 bridgehead atoms. The smallest absolute Gasteiger partial charge is 0.398 e. The van der Waals surface area contributed by atoms with Gasteiger partial charge in [-0.2, -0.15) is 13.2 Å². The Bertz CT molecular complexity index is 1050. The molecule has 0 saturated heterocycles. The highest BCUT2D eigenvalue weighted by Gasteiger charge is 2.60. The summed E-state index contributed by atoms with van der Waals surface area (Å²) < 4.78 is 60.7. The second-order valence-electron chi connectivity index (χ2n) is 6.74. The van der Waals surface area contributed by atoms with Crippen molar-refractivity contribution >= 4 is 34.1 Å². The average molecular weight is 430 g/mol. The Labute approximate surface area is 168 Å². The fraction of sp³-hybridized carbons (Fsp3) is 0.250. The number of halogens is 6. The lowest BCUT2D eigenvalue weighted by molar-refractivity contribution is -0.212. The summed E-state index contributed by atoms with van der Waals surface area (Å²) in [5, 5.41) is 0.301. The van der Waals surface area contributed by atoms with Gasteiger partial charge in [-0.05, 0) is 49.2 Å². The first-order chi connectivity index (χ1) is 13.2. The SMILES string of the molecule is Fc1ccc(Oc2ccnc3c(C4(C(F)(F)F)CCC4)c(Cl)cc(Cl)c23)cc1. The van der Waals surface area contributed by atoms with Crippen molar-refractivity contribution in [2.45, 2.75) is 30.9 Å². The van der Waals surface area contributed by atoms with E-state index in [1.807, 2.05) is 0 Å². The fourth-order valence-electron chi connectivity index (χ4n) is 3.61. The van der Waals surface area contributed by atoms with Crippen LogP contribution in [0.25, 0.3) is 10.9 Å². The summed E-state index contributed by atoms with van der Waals surface area (Å²) in [7, 11) is 0. The van der Waals surface area contributed by atoms with E-state index in [1.54, 1.807) is 0 Å². The molecule has 0 aliphatic heterocycles. The fourth-order valence-corrected chi connectivity index (χ4v) is 4.34. The zero-order valence-electron chi connectivity index (χ0n) is 14.3. The van der Waals surface area contributed by atoms with Crippen molar-refractivity contribution in [2.24, 2.45) is 0 Å². The molecule has 0 unspecified atom stereocenters. The monoisotopic (exact) mass is 429 g/mol. The number of rotatable bonds is 3. The van der Waals surface area contributed by atoms with Crippen LogP contribution in [-0.2, 0) is 5.41 Å². The van der Waals surface area contributed by atoms with Gasteiger partial charge in [0.1, 0.15) is 17.3 Å². The van der Waals surface area contributed by atoms with E-state index in [0.717, 1.165) is 0 Å². The van der Waals surface area contributed by atoms with Crippen LogP contribution in [0, 0.1) is 5.82 Å². The van der Waals surface area contributed by atoms with Gasteiger partial charge < -0.3 is 4.74 Å². The predicted molar refractivity (Wildman–Crippen MR) is 99.8 cm³/mol. The van der Waals surface area contributed by atoms with E-state index in [0.29, 0.717) is 12.2 Å². The Morgan fingerprint density at radius 1 is 1.00 bits per heavy atom. The van der Waals surface area contributed by atoms with Crippen LogP contribution in [0.5, 0.6) is 11.5 Å². The third-order valence-corrected chi connectivity index (χ3v) is 5.75. The second kappa shape index (κ2) is 6.78. The first kappa shape index (κ1) is 19.3. The van der Waals surface area contributed by atoms with E-state index in [-0.39, 0.29) is 45.1 Å². The molecule has 146 valence electrons. The molecule has 3 aromatic rings. The minimum Gasteiger partial charge on any atom is -0.457 e. The Balaban J connectivity index is 1.93. The molecule has 2 nitrogen and oxygen atoms in total. The van der Waals surface area contributed by atoms with E-state index in [9.17, 15) is 17.6 Å². The molecule has 28 heavy (non-hydrogen) atoms. The lowest BCUT2D eigenvalue weighted by atomic mass is 9.63. The summed E-state index contributed by atoms with van der Waals surface area (Å²) >= 11 is 12.5. The standard InChI is InChI=1S/C20H13Cl2F4NO/c21-13-10-14(22)17(19(7-1-8-19)20(24,25)26)18-16(13)15(6-9-27-18)28-12-4-2-11(23)3-5-12/h2-6,9-10H,1,7-8H2. The molecule has 8 heteroatoms. The third kappa shape index (κ3) is 2.99. The summed E-state index contributed by atoms with van der Waals surface area (Å²) in [6.07, 6.45) is -2.79. The van der Waals surface area contributed by atoms with E-state index < -0.39 is 17.4 Å². The summed E-state index contributed by atoms with van der Waals surface area (Å²) in [5.41, 5.74) is -2.06. The summed E-state index contributed by atoms with van der Waals surface area (Å²) in [4.78, 5) is 4.17. The van der Waals surface area contributed by atoms with Gasteiger partial charge >= 0.3 is 6.18 Å². The molecule has 4 rings (SSSR count). The highest BCUT2D eigenvalue weighted by Crippen LogP contribution is 2.58. The van der Waals surface area contributed by atoms with Crippen LogP contribution in [0.2, 0.25) is 10.0 Å². The van der Waals surface area contributed by atoms with Gasteiger partial charge in [-0.3, -0.25) is 4.98 Å². The molecule has 1 aromatic heterocycles. The second-order valence-corrected chi connectivity index (χ2v) is 7.55. The van der Waals surface area contributed by atoms with Crippen molar-refractivity contribution in [1.29, 1.82) is 0 Å². The van der Waals surface area contributed by atoms with Crippen LogP contribution in [0.1, 0.15) is 24.8 Å². The van der Waals surface area contributed by atoms with E-state index in [4.69, 9.17) is 27.9 Å². The molecule has 0 N–H and O–H groups in total. The van der Waals surface area contributed by atoms with Crippen LogP contribution in [-0.4, -0.2) is 11.2 Å². The molecule has 0 atom stereocenters. The predicted octanol–water partition coefficient (Wildman–Crippen LogP) is 7.46. The van der Waals surface area contributed by atoms with E-state index in [1.165, 1.54) is 42.6 Å². The molecule has 1 aliphatic carbocycles. The molecule has 0 spiro atoms. The van der Waals surface area contributed by atoms with Gasteiger partial charge in [-0.1, -0.05) is 29.6 Å². The van der Waals surface area contributed by atoms with Crippen LogP contribution in [0.15, 0.2) is 42.6 Å². The van der Waals surface area contributed by atoms with Crippen molar-refractivity contribution in [3.05, 3.63) is 64.0 Å². The minimum absolute atomic E-state index is 0.0579. The van der Waals surface area contributed by atoms with Crippen molar-refractivity contribution in [1.82, 2.24) is 4.98 Å². The van der Waals surface area contributed by atoms with Crippen LogP contribution >= 0.6 is 23.2 Å². The highest BCUT2D eigenvalue weighted by molar-refractivity contribution is 6.39. The molecular weight excluding hydrogens is 417 g/mol. The number of pyridine rings is 1. The number of hydrogen-bond acceptors (Lipinski definition) is 2. The zero-order valence-corrected chi connectivity index (χ0v) is 15.8. The molecular formula is C20H13Cl2F4NO. The molecule has 1 saturated carbocycles. The Morgan fingerprint density at radius 3 is 2.25 bits per heavy atom. The first-order valence-electron chi connectivity index (χ1n) is 8.50. The number of aromatic nitrogens is 1. The zero-order chi connectivity index (χ0) is 20.1. The van der Waals surface area contributed by atoms with Gasteiger partial charge in [0.05, 0.1) is 21.3 Å². The maximum absolute atomic E-state index is 13.9. The number of alkyl halides is 3. The van der Waals surface area contributed by atoms with Gasteiger partial charge in [-0.25, -0.2) is 4.39 Å². The van der Waals surface area contributed by atoms with E-state index in [2.05, 4.69) is 4.98 Å². The number of hydrogen-bond donors (Lipinski definition) is 0. The lowest BCUT2D eigenvalue weighted by Gasteiger charge is -2.44. The van der Waals surface area contributed by atoms with Crippen molar-refractivity contribution < 1.29 is 22.3 Å². The van der Waals surface area contributed by atoms with Crippen LogP contribution < -0.4 is 4.74 Å². The van der Waals surface area contributed by atoms with Gasteiger partial charge in [-0.15, -0.1) is 0 Å². The largest absolute Gasteiger partial charge is 0.457 e. The maximum Gasteiger partial charge on any atom is 0.398 e. The lowest BCUT2D eigenvalue weighted by Crippen LogP contribution is -2.48. The van der Waals surface area contributed by atoms with Crippen molar-refractivity contribution in [2.75, 3.05) is 0 Å². The summed E-state index contributed by atoms with van der Waals surface area (Å²) in [6, 6.07) is 8.05. The van der Waals surface area contributed by atoms with Crippen molar-refractivity contribution in [3.8, 4) is 11.5 Å². The van der Waals surface area contributed by atoms with E-state index >= 15 is 0 Å². The average Bonchev–Trinajstić information content (AvgIpc) is 2.57. The highest BCUT2D eigenvalue weighted by atomic mass is 35.5. The Hall–Kier alpha value is -2.05. The third-order valence-electron chi connectivity index (χ3n) is 5.15. The molecule has 1 fully saturated rings. The van der Waals surface area contributed by atoms with Gasteiger partial charge in [0.15, 0.2) is 0 Å². The van der Waals surface area contributed by atoms with Crippen molar-refractivity contribution in [3.63, 3.8) is 0 Å². The maximum atomic E-state index is 13.9. The number of ether oxygens (including phenoxy) is 1. The summed E-state index contributed by atoms with van der Waals surface area (Å²) in [5.74, 6) is 0.1000. The number of nitrogens with zero attached hydrogens (tertiary/aromatic N) is 1.